The maximum Gasteiger partial charge on any atom is 0.316 e. The van der Waals surface area contributed by atoms with Crippen molar-refractivity contribution in [2.24, 2.45) is 5.92 Å². The molecule has 5 heteroatoms. The number of aromatic nitrogens is 2. The Hall–Kier alpha value is -2.27. The van der Waals surface area contributed by atoms with E-state index in [-0.39, 0.29) is 11.9 Å². The standard InChI is InChI=1S/C24H34N2O3/c1-4-6-7-8-9-10-20-16-25-23(26-17-20)21-11-13-22(14-12-21)29-24(27)19(3)18-28-15-5-2/h11-14,16-17,19H,4-10,15,18H2,1-3H3. The smallest absolute Gasteiger partial charge is 0.316 e. The molecule has 0 radical (unpaired) electrons. The minimum Gasteiger partial charge on any atom is -0.426 e. The molecule has 0 N–H and O–H groups in total. The van der Waals surface area contributed by atoms with Crippen molar-refractivity contribution in [1.82, 2.24) is 9.97 Å². The number of rotatable bonds is 13. The Morgan fingerprint density at radius 3 is 2.31 bits per heavy atom. The van der Waals surface area contributed by atoms with Gasteiger partial charge in [0.15, 0.2) is 5.82 Å². The number of carbonyl (C=O) groups excluding carboxylic acids is 1. The SMILES string of the molecule is CCCCCCCc1cnc(-c2ccc(OC(=O)C(C)COCCC)cc2)nc1. The summed E-state index contributed by atoms with van der Waals surface area (Å²) < 4.78 is 10.8. The molecule has 0 bridgehead atoms. The highest BCUT2D eigenvalue weighted by atomic mass is 16.5. The number of benzene rings is 1. The summed E-state index contributed by atoms with van der Waals surface area (Å²) in [5, 5.41) is 0. The topological polar surface area (TPSA) is 61.3 Å². The minimum atomic E-state index is -0.293. The van der Waals surface area contributed by atoms with Gasteiger partial charge in [0.2, 0.25) is 0 Å². The third kappa shape index (κ3) is 8.32. The Labute approximate surface area is 174 Å². The van der Waals surface area contributed by atoms with E-state index in [9.17, 15) is 4.79 Å². The number of esters is 1. The van der Waals surface area contributed by atoms with Crippen LogP contribution in [0.2, 0.25) is 0 Å². The van der Waals surface area contributed by atoms with Crippen molar-refractivity contribution >= 4 is 5.97 Å². The van der Waals surface area contributed by atoms with Crippen LogP contribution in [0.25, 0.3) is 11.4 Å². The molecule has 2 aromatic rings. The summed E-state index contributed by atoms with van der Waals surface area (Å²) in [5.41, 5.74) is 2.08. The van der Waals surface area contributed by atoms with Gasteiger partial charge in [-0.25, -0.2) is 9.97 Å². The number of unbranched alkanes of at least 4 members (excludes halogenated alkanes) is 4. The maximum atomic E-state index is 12.1. The fourth-order valence-corrected chi connectivity index (χ4v) is 2.93. The lowest BCUT2D eigenvalue weighted by molar-refractivity contribution is -0.140. The van der Waals surface area contributed by atoms with Crippen molar-refractivity contribution in [1.29, 1.82) is 0 Å². The predicted octanol–water partition coefficient (Wildman–Crippen LogP) is 5.62. The molecule has 1 heterocycles. The van der Waals surface area contributed by atoms with E-state index in [1.165, 1.54) is 37.7 Å². The van der Waals surface area contributed by atoms with Crippen LogP contribution in [0.3, 0.4) is 0 Å². The van der Waals surface area contributed by atoms with E-state index in [2.05, 4.69) is 16.9 Å². The van der Waals surface area contributed by atoms with E-state index in [4.69, 9.17) is 9.47 Å². The molecule has 1 aromatic heterocycles. The molecule has 2 rings (SSSR count). The van der Waals surface area contributed by atoms with E-state index >= 15 is 0 Å². The zero-order valence-electron chi connectivity index (χ0n) is 18.0. The van der Waals surface area contributed by atoms with Gasteiger partial charge in [0.25, 0.3) is 0 Å². The Kier molecular flexibility index (Phi) is 10.4. The molecule has 0 spiro atoms. The van der Waals surface area contributed by atoms with Crippen LogP contribution in [0.1, 0.15) is 64.9 Å². The lowest BCUT2D eigenvalue weighted by Crippen LogP contribution is -2.22. The van der Waals surface area contributed by atoms with Crippen LogP contribution in [0.5, 0.6) is 5.75 Å². The molecule has 0 fully saturated rings. The Morgan fingerprint density at radius 2 is 1.66 bits per heavy atom. The van der Waals surface area contributed by atoms with Crippen LogP contribution in [-0.2, 0) is 16.0 Å². The summed E-state index contributed by atoms with van der Waals surface area (Å²) in [7, 11) is 0. The van der Waals surface area contributed by atoms with Crippen LogP contribution in [0, 0.1) is 5.92 Å². The van der Waals surface area contributed by atoms with Gasteiger partial charge in [0.1, 0.15) is 5.75 Å². The van der Waals surface area contributed by atoms with Crippen LogP contribution < -0.4 is 4.74 Å². The zero-order chi connectivity index (χ0) is 20.9. The highest BCUT2D eigenvalue weighted by molar-refractivity contribution is 5.75. The Balaban J connectivity index is 1.84. The first-order valence-corrected chi connectivity index (χ1v) is 10.8. The van der Waals surface area contributed by atoms with Crippen LogP contribution >= 0.6 is 0 Å². The van der Waals surface area contributed by atoms with Gasteiger partial charge in [-0.2, -0.15) is 0 Å². The largest absolute Gasteiger partial charge is 0.426 e. The summed E-state index contributed by atoms with van der Waals surface area (Å²) in [5.74, 6) is 0.621. The molecule has 0 saturated carbocycles. The third-order valence-corrected chi connectivity index (χ3v) is 4.72. The predicted molar refractivity (Wildman–Crippen MR) is 116 cm³/mol. The highest BCUT2D eigenvalue weighted by Gasteiger charge is 2.15. The number of nitrogens with zero attached hydrogens (tertiary/aromatic N) is 2. The lowest BCUT2D eigenvalue weighted by Gasteiger charge is -2.11. The van der Waals surface area contributed by atoms with Gasteiger partial charge in [-0.1, -0.05) is 39.5 Å². The van der Waals surface area contributed by atoms with Gasteiger partial charge >= 0.3 is 5.97 Å². The first-order chi connectivity index (χ1) is 14.1. The molecule has 1 aromatic carbocycles. The zero-order valence-corrected chi connectivity index (χ0v) is 18.0. The molecule has 1 atom stereocenters. The molecule has 1 unspecified atom stereocenters. The average Bonchev–Trinajstić information content (AvgIpc) is 2.75. The van der Waals surface area contributed by atoms with Crippen LogP contribution in [-0.4, -0.2) is 29.2 Å². The van der Waals surface area contributed by atoms with Crippen LogP contribution in [0.15, 0.2) is 36.7 Å². The van der Waals surface area contributed by atoms with Gasteiger partial charge in [-0.05, 0) is 56.0 Å². The molecule has 29 heavy (non-hydrogen) atoms. The fourth-order valence-electron chi connectivity index (χ4n) is 2.93. The van der Waals surface area contributed by atoms with Gasteiger partial charge in [-0.15, -0.1) is 0 Å². The Morgan fingerprint density at radius 1 is 0.966 bits per heavy atom. The summed E-state index contributed by atoms with van der Waals surface area (Å²) >= 11 is 0. The van der Waals surface area contributed by atoms with Crippen molar-refractivity contribution in [3.05, 3.63) is 42.2 Å². The third-order valence-electron chi connectivity index (χ3n) is 4.72. The van der Waals surface area contributed by atoms with E-state index in [0.29, 0.717) is 24.8 Å². The summed E-state index contributed by atoms with van der Waals surface area (Å²) in [6, 6.07) is 7.30. The quantitative estimate of drug-likeness (QED) is 0.249. The molecule has 0 amide bonds. The molecule has 5 nitrogen and oxygen atoms in total. The molecule has 0 aliphatic carbocycles. The first kappa shape index (κ1) is 23.0. The van der Waals surface area contributed by atoms with Gasteiger partial charge in [-0.3, -0.25) is 4.79 Å². The summed E-state index contributed by atoms with van der Waals surface area (Å²) in [4.78, 5) is 21.1. The highest BCUT2D eigenvalue weighted by Crippen LogP contribution is 2.20. The van der Waals surface area contributed by atoms with E-state index < -0.39 is 0 Å². The number of hydrogen-bond donors (Lipinski definition) is 0. The van der Waals surface area contributed by atoms with Gasteiger partial charge < -0.3 is 9.47 Å². The van der Waals surface area contributed by atoms with Crippen molar-refractivity contribution in [3.63, 3.8) is 0 Å². The number of aryl methyl sites for hydroxylation is 1. The first-order valence-electron chi connectivity index (χ1n) is 10.8. The molecule has 0 aliphatic rings. The molecular weight excluding hydrogens is 364 g/mol. The normalized spacial score (nSPS) is 12.0. The van der Waals surface area contributed by atoms with E-state index in [1.54, 1.807) is 12.1 Å². The average molecular weight is 399 g/mol. The van der Waals surface area contributed by atoms with Crippen molar-refractivity contribution in [2.45, 2.75) is 65.7 Å². The minimum absolute atomic E-state index is 0.284. The summed E-state index contributed by atoms with van der Waals surface area (Å²) in [6.07, 6.45) is 12.1. The van der Waals surface area contributed by atoms with E-state index in [1.807, 2.05) is 38.4 Å². The monoisotopic (exact) mass is 398 g/mol. The molecule has 158 valence electrons. The van der Waals surface area contributed by atoms with E-state index in [0.717, 1.165) is 18.4 Å². The van der Waals surface area contributed by atoms with Gasteiger partial charge in [0.05, 0.1) is 12.5 Å². The Bertz CT molecular complexity index is 714. The van der Waals surface area contributed by atoms with Crippen molar-refractivity contribution in [3.8, 4) is 17.1 Å². The maximum absolute atomic E-state index is 12.1. The summed E-state index contributed by atoms with van der Waals surface area (Å²) in [6.45, 7) is 7.11. The number of hydrogen-bond acceptors (Lipinski definition) is 5. The fraction of sp³-hybridized carbons (Fsp3) is 0.542. The molecular formula is C24H34N2O3. The van der Waals surface area contributed by atoms with Crippen molar-refractivity contribution in [2.75, 3.05) is 13.2 Å². The van der Waals surface area contributed by atoms with Crippen LogP contribution in [0.4, 0.5) is 0 Å². The second kappa shape index (κ2) is 13.0. The second-order valence-electron chi connectivity index (χ2n) is 7.50. The lowest BCUT2D eigenvalue weighted by atomic mass is 10.1. The number of carbonyl (C=O) groups is 1. The second-order valence-corrected chi connectivity index (χ2v) is 7.50. The molecule has 0 aliphatic heterocycles. The molecule has 0 saturated heterocycles. The van der Waals surface area contributed by atoms with Gasteiger partial charge in [0, 0.05) is 24.6 Å². The van der Waals surface area contributed by atoms with Crippen molar-refractivity contribution < 1.29 is 14.3 Å². The number of ether oxygens (including phenoxy) is 2.